The highest BCUT2D eigenvalue weighted by molar-refractivity contribution is 5.68. The lowest BCUT2D eigenvalue weighted by molar-refractivity contribution is -0.139. The molecule has 3 N–H and O–H groups in total. The molecule has 0 radical (unpaired) electrons. The van der Waals surface area contributed by atoms with Gasteiger partial charge >= 0.3 is 12.1 Å². The summed E-state index contributed by atoms with van der Waals surface area (Å²) in [5, 5.41) is 28.7. The smallest absolute Gasteiger partial charge is 0.482 e. The van der Waals surface area contributed by atoms with E-state index in [0.29, 0.717) is 24.5 Å². The van der Waals surface area contributed by atoms with Gasteiger partial charge in [-0.3, -0.25) is 0 Å². The molecule has 1 unspecified atom stereocenters. The lowest BCUT2D eigenvalue weighted by Gasteiger charge is -2.33. The summed E-state index contributed by atoms with van der Waals surface area (Å²) in [4.78, 5) is 23.2. The maximum absolute atomic E-state index is 12.2. The predicted octanol–water partition coefficient (Wildman–Crippen LogP) is 3.84. The maximum Gasteiger partial charge on any atom is 0.508 e. The van der Waals surface area contributed by atoms with Gasteiger partial charge < -0.3 is 29.5 Å². The number of carbonyl (C=O) groups is 2. The standard InChI is InChI=1S/C27H40O8/c1-16(2)11-17(3)23(29)8-7-20-21-12-18-5-4-6-24(34-15-26(30)31)22(18)13-19(21)14-25(20)35-27(32)33-10-9-28/h4-6,16-17,19-21,23,25,28-29H,7-15H2,1-3H3,(H,30,31)/t17?,19-,20+,21-,23+,25+/m0/s1. The summed E-state index contributed by atoms with van der Waals surface area (Å²) in [6.07, 6.45) is 3.01. The van der Waals surface area contributed by atoms with Crippen molar-refractivity contribution in [1.82, 2.24) is 0 Å². The minimum atomic E-state index is -1.02. The first-order valence-electron chi connectivity index (χ1n) is 12.8. The summed E-state index contributed by atoms with van der Waals surface area (Å²) in [6.45, 7) is 5.63. The summed E-state index contributed by atoms with van der Waals surface area (Å²) < 4.78 is 16.2. The average molecular weight is 493 g/mol. The van der Waals surface area contributed by atoms with Gasteiger partial charge in [-0.15, -0.1) is 0 Å². The van der Waals surface area contributed by atoms with Gasteiger partial charge in [0.1, 0.15) is 18.5 Å². The maximum atomic E-state index is 12.2. The molecule has 6 atom stereocenters. The van der Waals surface area contributed by atoms with Crippen LogP contribution in [0.4, 0.5) is 4.79 Å². The van der Waals surface area contributed by atoms with E-state index in [4.69, 9.17) is 24.4 Å². The van der Waals surface area contributed by atoms with E-state index in [-0.39, 0.29) is 49.6 Å². The Bertz CT molecular complexity index is 854. The summed E-state index contributed by atoms with van der Waals surface area (Å²) >= 11 is 0. The van der Waals surface area contributed by atoms with Crippen molar-refractivity contribution in [2.75, 3.05) is 19.8 Å². The number of ether oxygens (including phenoxy) is 3. The number of aliphatic hydroxyl groups is 2. The number of hydrogen-bond donors (Lipinski definition) is 3. The lowest BCUT2D eigenvalue weighted by Crippen LogP contribution is -2.31. The van der Waals surface area contributed by atoms with Crippen molar-refractivity contribution in [1.29, 1.82) is 0 Å². The zero-order valence-electron chi connectivity index (χ0n) is 21.0. The Morgan fingerprint density at radius 1 is 1.17 bits per heavy atom. The lowest BCUT2D eigenvalue weighted by atomic mass is 9.73. The van der Waals surface area contributed by atoms with Crippen LogP contribution in [-0.4, -0.2) is 59.5 Å². The fourth-order valence-corrected chi connectivity index (χ4v) is 6.02. The third-order valence-corrected chi connectivity index (χ3v) is 7.53. The van der Waals surface area contributed by atoms with Crippen molar-refractivity contribution in [3.05, 3.63) is 29.3 Å². The van der Waals surface area contributed by atoms with Gasteiger partial charge in [0.2, 0.25) is 0 Å². The van der Waals surface area contributed by atoms with Crippen molar-refractivity contribution in [3.8, 4) is 5.75 Å². The van der Waals surface area contributed by atoms with Crippen LogP contribution in [0.2, 0.25) is 0 Å². The zero-order chi connectivity index (χ0) is 25.5. The van der Waals surface area contributed by atoms with Gasteiger partial charge in [-0.05, 0) is 85.3 Å². The summed E-state index contributed by atoms with van der Waals surface area (Å²) in [6, 6.07) is 5.75. The van der Waals surface area contributed by atoms with E-state index in [2.05, 4.69) is 26.8 Å². The van der Waals surface area contributed by atoms with E-state index in [9.17, 15) is 14.7 Å². The highest BCUT2D eigenvalue weighted by Gasteiger charge is 2.47. The summed E-state index contributed by atoms with van der Waals surface area (Å²) in [5.74, 6) is 0.909. The second-order valence-corrected chi connectivity index (χ2v) is 10.5. The third kappa shape index (κ3) is 7.34. The number of rotatable bonds is 12. The highest BCUT2D eigenvalue weighted by atomic mass is 16.7. The SMILES string of the molecule is CC(C)CC(C)[C@H](O)CC[C@@H]1[C@H]2Cc3cccc(OCC(=O)O)c3C[C@H]2C[C@H]1OC(=O)OCCO. The second-order valence-electron chi connectivity index (χ2n) is 10.5. The molecule has 0 spiro atoms. The van der Waals surface area contributed by atoms with Gasteiger partial charge in [0, 0.05) is 0 Å². The first-order valence-corrected chi connectivity index (χ1v) is 12.8. The summed E-state index contributed by atoms with van der Waals surface area (Å²) in [5.41, 5.74) is 2.17. The predicted molar refractivity (Wildman–Crippen MR) is 129 cm³/mol. The minimum absolute atomic E-state index is 0.0827. The van der Waals surface area contributed by atoms with E-state index in [1.165, 1.54) is 0 Å². The van der Waals surface area contributed by atoms with Crippen LogP contribution in [0.25, 0.3) is 0 Å². The second kappa shape index (κ2) is 12.6. The van der Waals surface area contributed by atoms with Crippen LogP contribution in [0.15, 0.2) is 18.2 Å². The molecule has 1 aromatic carbocycles. The average Bonchev–Trinajstić information content (AvgIpc) is 3.13. The van der Waals surface area contributed by atoms with Gasteiger partial charge in [-0.25, -0.2) is 9.59 Å². The monoisotopic (exact) mass is 492 g/mol. The Hall–Kier alpha value is -2.32. The number of fused-ring (bicyclic) bond motifs is 2. The molecule has 0 amide bonds. The van der Waals surface area contributed by atoms with Crippen LogP contribution in [0, 0.1) is 29.6 Å². The fourth-order valence-electron chi connectivity index (χ4n) is 6.02. The van der Waals surface area contributed by atoms with Gasteiger partial charge in [-0.2, -0.15) is 0 Å². The van der Waals surface area contributed by atoms with Crippen LogP contribution in [0.1, 0.15) is 57.6 Å². The molecule has 3 rings (SSSR count). The van der Waals surface area contributed by atoms with Gasteiger partial charge in [-0.1, -0.05) is 32.9 Å². The van der Waals surface area contributed by atoms with Gasteiger partial charge in [0.05, 0.1) is 12.7 Å². The number of carboxylic acid groups (broad SMARTS) is 1. The van der Waals surface area contributed by atoms with Crippen LogP contribution >= 0.6 is 0 Å². The van der Waals surface area contributed by atoms with E-state index in [1.54, 1.807) is 6.07 Å². The molecule has 0 bridgehead atoms. The Labute approximate surface area is 207 Å². The first kappa shape index (κ1) is 27.3. The van der Waals surface area contributed by atoms with Crippen LogP contribution in [-0.2, 0) is 27.1 Å². The summed E-state index contributed by atoms with van der Waals surface area (Å²) in [7, 11) is 0. The Morgan fingerprint density at radius 2 is 1.94 bits per heavy atom. The van der Waals surface area contributed by atoms with Crippen LogP contribution in [0.3, 0.4) is 0 Å². The van der Waals surface area contributed by atoms with Crippen molar-refractivity contribution < 1.29 is 39.1 Å². The molecular formula is C27H40O8. The molecule has 1 fully saturated rings. The van der Waals surface area contributed by atoms with Crippen LogP contribution < -0.4 is 4.74 Å². The topological polar surface area (TPSA) is 123 Å². The third-order valence-electron chi connectivity index (χ3n) is 7.53. The van der Waals surface area contributed by atoms with Gasteiger partial charge in [0.15, 0.2) is 6.61 Å². The van der Waals surface area contributed by atoms with Crippen molar-refractivity contribution in [2.45, 2.75) is 71.5 Å². The molecule has 1 aromatic rings. The van der Waals surface area contributed by atoms with E-state index >= 15 is 0 Å². The molecule has 0 aliphatic heterocycles. The molecular weight excluding hydrogens is 452 g/mol. The molecule has 35 heavy (non-hydrogen) atoms. The Balaban J connectivity index is 1.75. The molecule has 8 heteroatoms. The number of carboxylic acids is 1. The molecule has 8 nitrogen and oxygen atoms in total. The minimum Gasteiger partial charge on any atom is -0.482 e. The Kier molecular flexibility index (Phi) is 9.80. The molecule has 196 valence electrons. The Morgan fingerprint density at radius 3 is 2.63 bits per heavy atom. The first-order chi connectivity index (χ1) is 16.7. The van der Waals surface area contributed by atoms with Crippen molar-refractivity contribution in [2.24, 2.45) is 29.6 Å². The van der Waals surface area contributed by atoms with E-state index in [1.807, 2.05) is 6.07 Å². The van der Waals surface area contributed by atoms with E-state index < -0.39 is 18.2 Å². The highest BCUT2D eigenvalue weighted by Crippen LogP contribution is 2.49. The van der Waals surface area contributed by atoms with Gasteiger partial charge in [0.25, 0.3) is 0 Å². The largest absolute Gasteiger partial charge is 0.508 e. The molecule has 2 aliphatic rings. The molecule has 0 aromatic heterocycles. The molecule has 0 heterocycles. The number of aliphatic carboxylic acids is 1. The van der Waals surface area contributed by atoms with Crippen LogP contribution in [0.5, 0.6) is 5.75 Å². The zero-order valence-corrected chi connectivity index (χ0v) is 21.0. The molecule has 2 aliphatic carbocycles. The quantitative estimate of drug-likeness (QED) is 0.376. The fraction of sp³-hybridized carbons (Fsp3) is 0.704. The van der Waals surface area contributed by atoms with Crippen molar-refractivity contribution in [3.63, 3.8) is 0 Å². The van der Waals surface area contributed by atoms with Crippen molar-refractivity contribution >= 4 is 12.1 Å². The number of carbonyl (C=O) groups excluding carboxylic acids is 1. The number of benzene rings is 1. The molecule has 1 saturated carbocycles. The number of aliphatic hydroxyl groups excluding tert-OH is 2. The van der Waals surface area contributed by atoms with E-state index in [0.717, 1.165) is 36.8 Å². The number of hydrogen-bond acceptors (Lipinski definition) is 7. The molecule has 0 saturated heterocycles. The normalized spacial score (nSPS) is 24.9.